The van der Waals surface area contributed by atoms with Crippen molar-refractivity contribution in [1.82, 2.24) is 10.3 Å². The van der Waals surface area contributed by atoms with Gasteiger partial charge in [-0.1, -0.05) is 18.2 Å². The van der Waals surface area contributed by atoms with Crippen molar-refractivity contribution in [2.45, 2.75) is 39.3 Å². The standard InChI is InChI=1S/C16H20N2O2S/c1-11-10-17-15(21-11)16(3,4)18-14(19)12(2)20-13-8-6-5-7-9-13/h5-10,12H,1-4H3,(H,18,19)/t12-/m1/s1. The van der Waals surface area contributed by atoms with Gasteiger partial charge in [0.15, 0.2) is 6.10 Å². The van der Waals surface area contributed by atoms with Crippen molar-refractivity contribution in [3.8, 4) is 5.75 Å². The Morgan fingerprint density at radius 1 is 1.33 bits per heavy atom. The lowest BCUT2D eigenvalue weighted by atomic mass is 10.1. The molecule has 0 radical (unpaired) electrons. The summed E-state index contributed by atoms with van der Waals surface area (Å²) in [5.41, 5.74) is -0.510. The van der Waals surface area contributed by atoms with Crippen LogP contribution >= 0.6 is 11.3 Å². The van der Waals surface area contributed by atoms with Crippen molar-refractivity contribution in [3.63, 3.8) is 0 Å². The minimum atomic E-state index is -0.562. The van der Waals surface area contributed by atoms with Crippen LogP contribution in [0.5, 0.6) is 5.75 Å². The molecule has 2 rings (SSSR count). The number of para-hydroxylation sites is 1. The van der Waals surface area contributed by atoms with Crippen LogP contribution in [0.4, 0.5) is 0 Å². The van der Waals surface area contributed by atoms with E-state index in [0.29, 0.717) is 5.75 Å². The Morgan fingerprint density at radius 3 is 2.57 bits per heavy atom. The number of hydrogen-bond donors (Lipinski definition) is 1. The molecule has 1 heterocycles. The number of nitrogens with one attached hydrogen (secondary N) is 1. The first-order valence-electron chi connectivity index (χ1n) is 6.85. The Hall–Kier alpha value is -1.88. The molecule has 0 aliphatic rings. The van der Waals surface area contributed by atoms with Crippen molar-refractivity contribution in [2.75, 3.05) is 0 Å². The van der Waals surface area contributed by atoms with Crippen LogP contribution in [0, 0.1) is 6.92 Å². The fourth-order valence-electron chi connectivity index (χ4n) is 1.86. The topological polar surface area (TPSA) is 51.2 Å². The maximum atomic E-state index is 12.3. The SMILES string of the molecule is Cc1cnc(C(C)(C)NC(=O)[C@@H](C)Oc2ccccc2)s1. The Morgan fingerprint density at radius 2 is 2.00 bits per heavy atom. The highest BCUT2D eigenvalue weighted by Gasteiger charge is 2.28. The van der Waals surface area contributed by atoms with E-state index in [-0.39, 0.29) is 5.91 Å². The van der Waals surface area contributed by atoms with E-state index in [1.165, 1.54) is 0 Å². The van der Waals surface area contributed by atoms with Gasteiger partial charge in [0.1, 0.15) is 10.8 Å². The van der Waals surface area contributed by atoms with Crippen molar-refractivity contribution in [1.29, 1.82) is 0 Å². The molecule has 1 aromatic carbocycles. The Balaban J connectivity index is 2.00. The minimum Gasteiger partial charge on any atom is -0.481 e. The zero-order valence-electron chi connectivity index (χ0n) is 12.7. The maximum Gasteiger partial charge on any atom is 0.261 e. The second-order valence-corrected chi connectivity index (χ2v) is 6.70. The van der Waals surface area contributed by atoms with E-state index in [4.69, 9.17) is 4.74 Å². The molecule has 21 heavy (non-hydrogen) atoms. The lowest BCUT2D eigenvalue weighted by molar-refractivity contribution is -0.129. The molecular formula is C16H20N2O2S. The van der Waals surface area contributed by atoms with Gasteiger partial charge in [0, 0.05) is 11.1 Å². The van der Waals surface area contributed by atoms with Gasteiger partial charge in [-0.15, -0.1) is 11.3 Å². The fraction of sp³-hybridized carbons (Fsp3) is 0.375. The first kappa shape index (κ1) is 15.5. The van der Waals surface area contributed by atoms with Crippen molar-refractivity contribution < 1.29 is 9.53 Å². The molecule has 5 heteroatoms. The van der Waals surface area contributed by atoms with Crippen LogP contribution in [0.25, 0.3) is 0 Å². The highest BCUT2D eigenvalue weighted by Crippen LogP contribution is 2.25. The van der Waals surface area contributed by atoms with Crippen LogP contribution in [-0.4, -0.2) is 17.0 Å². The van der Waals surface area contributed by atoms with Gasteiger partial charge in [0.25, 0.3) is 5.91 Å². The van der Waals surface area contributed by atoms with Crippen LogP contribution in [0.2, 0.25) is 0 Å². The van der Waals surface area contributed by atoms with Crippen LogP contribution in [0.3, 0.4) is 0 Å². The van der Waals surface area contributed by atoms with Gasteiger partial charge in [-0.25, -0.2) is 4.98 Å². The Bertz CT molecular complexity index is 608. The van der Waals surface area contributed by atoms with Crippen LogP contribution < -0.4 is 10.1 Å². The van der Waals surface area contributed by atoms with E-state index in [1.54, 1.807) is 18.3 Å². The molecule has 0 unspecified atom stereocenters. The third-order valence-electron chi connectivity index (χ3n) is 3.02. The molecule has 0 aliphatic carbocycles. The van der Waals surface area contributed by atoms with Crippen LogP contribution in [0.1, 0.15) is 30.7 Å². The number of aryl methyl sites for hydroxylation is 1. The summed E-state index contributed by atoms with van der Waals surface area (Å²) in [7, 11) is 0. The third kappa shape index (κ3) is 4.04. The lowest BCUT2D eigenvalue weighted by Gasteiger charge is -2.26. The predicted molar refractivity (Wildman–Crippen MR) is 84.6 cm³/mol. The second-order valence-electron chi connectivity index (χ2n) is 5.46. The summed E-state index contributed by atoms with van der Waals surface area (Å²) in [5.74, 6) is 0.528. The summed E-state index contributed by atoms with van der Waals surface area (Å²) >= 11 is 1.59. The van der Waals surface area contributed by atoms with Crippen molar-refractivity contribution >= 4 is 17.2 Å². The zero-order valence-corrected chi connectivity index (χ0v) is 13.5. The van der Waals surface area contributed by atoms with Gasteiger partial charge in [-0.3, -0.25) is 4.79 Å². The van der Waals surface area contributed by atoms with Gasteiger partial charge in [-0.05, 0) is 39.8 Å². The molecule has 2 aromatic rings. The molecule has 0 bridgehead atoms. The van der Waals surface area contributed by atoms with Crippen molar-refractivity contribution in [3.05, 3.63) is 46.4 Å². The summed E-state index contributed by atoms with van der Waals surface area (Å²) in [5, 5.41) is 3.88. The highest BCUT2D eigenvalue weighted by atomic mass is 32.1. The molecule has 1 aromatic heterocycles. The van der Waals surface area contributed by atoms with Crippen LogP contribution in [0.15, 0.2) is 36.5 Å². The van der Waals surface area contributed by atoms with Gasteiger partial charge in [-0.2, -0.15) is 0 Å². The monoisotopic (exact) mass is 304 g/mol. The predicted octanol–water partition coefficient (Wildman–Crippen LogP) is 3.27. The number of thiazole rings is 1. The third-order valence-corrected chi connectivity index (χ3v) is 4.25. The molecule has 1 N–H and O–H groups in total. The van der Waals surface area contributed by atoms with Gasteiger partial charge in [0.2, 0.25) is 0 Å². The first-order valence-corrected chi connectivity index (χ1v) is 7.67. The van der Waals surface area contributed by atoms with E-state index >= 15 is 0 Å². The number of aromatic nitrogens is 1. The molecule has 112 valence electrons. The van der Waals surface area contributed by atoms with Crippen molar-refractivity contribution in [2.24, 2.45) is 0 Å². The molecule has 0 saturated heterocycles. The summed E-state index contributed by atoms with van der Waals surface area (Å²) in [6.07, 6.45) is 1.25. The molecular weight excluding hydrogens is 284 g/mol. The zero-order chi connectivity index (χ0) is 15.5. The van der Waals surface area contributed by atoms with Crippen LogP contribution in [-0.2, 0) is 10.3 Å². The Kier molecular flexibility index (Phi) is 4.63. The first-order chi connectivity index (χ1) is 9.88. The van der Waals surface area contributed by atoms with Gasteiger partial charge in [0.05, 0.1) is 5.54 Å². The minimum absolute atomic E-state index is 0.156. The average Bonchev–Trinajstić information content (AvgIpc) is 2.87. The number of nitrogens with zero attached hydrogens (tertiary/aromatic N) is 1. The smallest absolute Gasteiger partial charge is 0.261 e. The Labute approximate surface area is 129 Å². The number of carbonyl (C=O) groups is 1. The number of hydrogen-bond acceptors (Lipinski definition) is 4. The molecule has 0 spiro atoms. The molecule has 0 aliphatic heterocycles. The second kappa shape index (κ2) is 6.26. The molecule has 4 nitrogen and oxygen atoms in total. The van der Waals surface area contributed by atoms with E-state index in [9.17, 15) is 4.79 Å². The number of ether oxygens (including phenoxy) is 1. The van der Waals surface area contributed by atoms with Gasteiger partial charge < -0.3 is 10.1 Å². The van der Waals surface area contributed by atoms with E-state index in [0.717, 1.165) is 9.88 Å². The summed E-state index contributed by atoms with van der Waals surface area (Å²) in [4.78, 5) is 17.8. The number of carbonyl (C=O) groups excluding carboxylic acids is 1. The maximum absolute atomic E-state index is 12.3. The molecule has 1 amide bonds. The van der Waals surface area contributed by atoms with E-state index < -0.39 is 11.6 Å². The highest BCUT2D eigenvalue weighted by molar-refractivity contribution is 7.11. The van der Waals surface area contributed by atoms with Gasteiger partial charge >= 0.3 is 0 Å². The van der Waals surface area contributed by atoms with E-state index in [1.807, 2.05) is 57.3 Å². The fourth-order valence-corrected chi connectivity index (χ4v) is 2.69. The molecule has 0 fully saturated rings. The summed E-state index contributed by atoms with van der Waals surface area (Å²) in [6, 6.07) is 9.33. The van der Waals surface area contributed by atoms with E-state index in [2.05, 4.69) is 10.3 Å². The molecule has 0 saturated carbocycles. The quantitative estimate of drug-likeness (QED) is 0.922. The summed E-state index contributed by atoms with van der Waals surface area (Å²) in [6.45, 7) is 7.63. The number of amides is 1. The lowest BCUT2D eigenvalue weighted by Crippen LogP contribution is -2.46. The largest absolute Gasteiger partial charge is 0.481 e. The number of rotatable bonds is 5. The molecule has 1 atom stereocenters. The summed E-state index contributed by atoms with van der Waals surface area (Å²) < 4.78 is 5.63. The number of benzene rings is 1. The normalized spacial score (nSPS) is 12.8. The average molecular weight is 304 g/mol.